The van der Waals surface area contributed by atoms with Crippen molar-refractivity contribution in [2.24, 2.45) is 0 Å². The Kier molecular flexibility index (Phi) is 7.18. The number of benzene rings is 2. The summed E-state index contributed by atoms with van der Waals surface area (Å²) in [4.78, 5) is 20.4. The van der Waals surface area contributed by atoms with Crippen molar-refractivity contribution in [3.05, 3.63) is 82.6 Å². The van der Waals surface area contributed by atoms with Gasteiger partial charge in [-0.15, -0.1) is 0 Å². The van der Waals surface area contributed by atoms with Gasteiger partial charge in [-0.05, 0) is 42.3 Å². The normalized spacial score (nSPS) is 11.7. The fraction of sp³-hybridized carbons (Fsp3) is 0.200. The first-order valence-corrected chi connectivity index (χ1v) is 13.0. The molecular formula is C25H22ClF2N3O3S. The van der Waals surface area contributed by atoms with Crippen LogP contribution in [0.15, 0.2) is 54.9 Å². The lowest BCUT2D eigenvalue weighted by atomic mass is 10.00. The molecule has 2 aromatic carbocycles. The van der Waals surface area contributed by atoms with Crippen molar-refractivity contribution in [2.45, 2.75) is 26.2 Å². The van der Waals surface area contributed by atoms with E-state index in [0.29, 0.717) is 34.5 Å². The highest BCUT2D eigenvalue weighted by Crippen LogP contribution is 2.30. The third-order valence-corrected chi connectivity index (χ3v) is 7.16. The van der Waals surface area contributed by atoms with Gasteiger partial charge < -0.3 is 4.98 Å². The lowest BCUT2D eigenvalue weighted by Gasteiger charge is -2.12. The maximum Gasteiger partial charge on any atom is 0.232 e. The minimum absolute atomic E-state index is 0.00377. The number of aromatic nitrogens is 2. The van der Waals surface area contributed by atoms with Crippen LogP contribution in [-0.4, -0.2) is 29.9 Å². The van der Waals surface area contributed by atoms with Gasteiger partial charge in [-0.3, -0.25) is 9.52 Å². The molecule has 2 heterocycles. The second-order valence-electron chi connectivity index (χ2n) is 8.07. The molecule has 0 fully saturated rings. The van der Waals surface area contributed by atoms with E-state index in [1.54, 1.807) is 36.5 Å². The number of anilines is 1. The first-order chi connectivity index (χ1) is 16.7. The summed E-state index contributed by atoms with van der Waals surface area (Å²) in [6.07, 6.45) is 4.84. The van der Waals surface area contributed by atoms with Gasteiger partial charge in [0.05, 0.1) is 17.0 Å². The molecule has 0 atom stereocenters. The number of aromatic amines is 1. The lowest BCUT2D eigenvalue weighted by molar-refractivity contribution is 0.103. The van der Waals surface area contributed by atoms with E-state index in [0.717, 1.165) is 24.1 Å². The number of carbonyl (C=O) groups is 1. The van der Waals surface area contributed by atoms with Crippen LogP contribution >= 0.6 is 11.6 Å². The first-order valence-electron chi connectivity index (χ1n) is 11.0. The van der Waals surface area contributed by atoms with Gasteiger partial charge in [0.2, 0.25) is 15.8 Å². The van der Waals surface area contributed by atoms with Crippen LogP contribution in [0.25, 0.3) is 22.2 Å². The average Bonchev–Trinajstić information content (AvgIpc) is 3.25. The Morgan fingerprint density at radius 1 is 1.09 bits per heavy atom. The third-order valence-electron chi connectivity index (χ3n) is 5.55. The maximum absolute atomic E-state index is 15.3. The number of hydrogen-bond donors (Lipinski definition) is 2. The molecule has 182 valence electrons. The van der Waals surface area contributed by atoms with Crippen molar-refractivity contribution in [3.63, 3.8) is 0 Å². The summed E-state index contributed by atoms with van der Waals surface area (Å²) in [6, 6.07) is 10.5. The zero-order chi connectivity index (χ0) is 25.2. The zero-order valence-corrected chi connectivity index (χ0v) is 20.3. The molecule has 0 saturated carbocycles. The predicted molar refractivity (Wildman–Crippen MR) is 133 cm³/mol. The molecule has 0 spiro atoms. The van der Waals surface area contributed by atoms with Crippen molar-refractivity contribution in [2.75, 3.05) is 10.5 Å². The van der Waals surface area contributed by atoms with Gasteiger partial charge in [0.1, 0.15) is 11.5 Å². The molecule has 2 N–H and O–H groups in total. The minimum Gasteiger partial charge on any atom is -0.345 e. The number of nitrogens with one attached hydrogen (secondary N) is 2. The van der Waals surface area contributed by atoms with Gasteiger partial charge in [0, 0.05) is 33.9 Å². The number of fused-ring (bicyclic) bond motifs is 1. The Hall–Kier alpha value is -3.30. The Morgan fingerprint density at radius 2 is 1.83 bits per heavy atom. The molecule has 35 heavy (non-hydrogen) atoms. The van der Waals surface area contributed by atoms with Crippen LogP contribution in [0.5, 0.6) is 0 Å². The zero-order valence-electron chi connectivity index (χ0n) is 18.7. The van der Waals surface area contributed by atoms with Gasteiger partial charge in [-0.25, -0.2) is 22.2 Å². The number of rotatable bonds is 9. The molecule has 0 saturated heterocycles. The van der Waals surface area contributed by atoms with E-state index in [2.05, 4.69) is 14.7 Å². The molecule has 10 heteroatoms. The number of hydrogen-bond acceptors (Lipinski definition) is 4. The summed E-state index contributed by atoms with van der Waals surface area (Å²) < 4.78 is 56.7. The van der Waals surface area contributed by atoms with E-state index < -0.39 is 38.7 Å². The Balaban J connectivity index is 1.71. The summed E-state index contributed by atoms with van der Waals surface area (Å²) in [5, 5.41) is 0.930. The summed E-state index contributed by atoms with van der Waals surface area (Å²) in [6.45, 7) is 1.93. The van der Waals surface area contributed by atoms with E-state index in [4.69, 9.17) is 11.6 Å². The van der Waals surface area contributed by atoms with E-state index in [1.807, 2.05) is 6.92 Å². The van der Waals surface area contributed by atoms with E-state index >= 15 is 4.39 Å². The molecule has 0 aliphatic carbocycles. The maximum atomic E-state index is 15.3. The Bertz CT molecular complexity index is 1500. The fourth-order valence-corrected chi connectivity index (χ4v) is 5.03. The largest absolute Gasteiger partial charge is 0.345 e. The number of H-pyrrole nitrogens is 1. The number of unbranched alkanes of at least 4 members (excludes halogenated alkanes) is 2. The SMILES string of the molecule is CCCCCS(=O)(=O)Nc1ccc(F)c(C(=O)c2c[nH]c3ncc(-c4ccc(Cl)cc4)cc23)c1F. The first kappa shape index (κ1) is 24.8. The van der Waals surface area contributed by atoms with Gasteiger partial charge in [0.25, 0.3) is 0 Å². The lowest BCUT2D eigenvalue weighted by Crippen LogP contribution is -2.19. The summed E-state index contributed by atoms with van der Waals surface area (Å²) >= 11 is 5.95. The summed E-state index contributed by atoms with van der Waals surface area (Å²) in [5.41, 5.74) is 0.504. The molecule has 0 bridgehead atoms. The topological polar surface area (TPSA) is 91.9 Å². The number of halogens is 3. The van der Waals surface area contributed by atoms with Crippen LogP contribution in [-0.2, 0) is 10.0 Å². The van der Waals surface area contributed by atoms with Crippen LogP contribution in [0.4, 0.5) is 14.5 Å². The average molecular weight is 518 g/mol. The van der Waals surface area contributed by atoms with Crippen molar-refractivity contribution in [1.82, 2.24) is 9.97 Å². The molecule has 0 aliphatic rings. The highest BCUT2D eigenvalue weighted by atomic mass is 35.5. The quantitative estimate of drug-likeness (QED) is 0.200. The second-order valence-corrected chi connectivity index (χ2v) is 10.3. The summed E-state index contributed by atoms with van der Waals surface area (Å²) in [7, 11) is -3.86. The molecule has 2 aromatic heterocycles. The third kappa shape index (κ3) is 5.36. The van der Waals surface area contributed by atoms with Crippen molar-refractivity contribution < 1.29 is 22.0 Å². The second kappa shape index (κ2) is 10.1. The Labute approximate surface area is 206 Å². The van der Waals surface area contributed by atoms with Crippen LogP contribution in [0.2, 0.25) is 5.02 Å². The number of pyridine rings is 1. The van der Waals surface area contributed by atoms with Gasteiger partial charge in [-0.2, -0.15) is 0 Å². The standard InChI is InChI=1S/C25H22ClF2N3O3S/c1-2-3-4-11-35(33,34)31-21-10-9-20(27)22(23(21)28)24(32)19-14-30-25-18(19)12-16(13-29-25)15-5-7-17(26)8-6-15/h5-10,12-14,31H,2-4,11H2,1H3,(H,29,30). The molecule has 4 aromatic rings. The molecular weight excluding hydrogens is 496 g/mol. The van der Waals surface area contributed by atoms with Crippen LogP contribution in [0.1, 0.15) is 42.1 Å². The van der Waals surface area contributed by atoms with E-state index in [1.165, 1.54) is 6.20 Å². The van der Waals surface area contributed by atoms with E-state index in [-0.39, 0.29) is 11.3 Å². The number of ketones is 1. The smallest absolute Gasteiger partial charge is 0.232 e. The van der Waals surface area contributed by atoms with E-state index in [9.17, 15) is 17.6 Å². The Morgan fingerprint density at radius 3 is 2.54 bits per heavy atom. The van der Waals surface area contributed by atoms with Gasteiger partial charge in [-0.1, -0.05) is 43.5 Å². The monoisotopic (exact) mass is 517 g/mol. The van der Waals surface area contributed by atoms with Crippen molar-refractivity contribution in [3.8, 4) is 11.1 Å². The van der Waals surface area contributed by atoms with Gasteiger partial charge >= 0.3 is 0 Å². The molecule has 0 amide bonds. The minimum atomic E-state index is -3.86. The predicted octanol–water partition coefficient (Wildman–Crippen LogP) is 6.32. The highest BCUT2D eigenvalue weighted by Gasteiger charge is 2.26. The molecule has 0 aliphatic heterocycles. The number of carbonyl (C=O) groups excluding carboxylic acids is 1. The molecule has 6 nitrogen and oxygen atoms in total. The van der Waals surface area contributed by atoms with Crippen molar-refractivity contribution in [1.29, 1.82) is 0 Å². The van der Waals surface area contributed by atoms with Crippen LogP contribution < -0.4 is 4.72 Å². The van der Waals surface area contributed by atoms with Crippen molar-refractivity contribution >= 4 is 44.1 Å². The van der Waals surface area contributed by atoms with Crippen LogP contribution in [0.3, 0.4) is 0 Å². The van der Waals surface area contributed by atoms with Gasteiger partial charge in [0.15, 0.2) is 5.82 Å². The molecule has 0 unspecified atom stereocenters. The number of sulfonamides is 1. The van der Waals surface area contributed by atoms with Crippen LogP contribution in [0, 0.1) is 11.6 Å². The highest BCUT2D eigenvalue weighted by molar-refractivity contribution is 7.92. The molecule has 0 radical (unpaired) electrons. The molecule has 4 rings (SSSR count). The summed E-state index contributed by atoms with van der Waals surface area (Å²) in [5.74, 6) is -3.51. The number of nitrogens with zero attached hydrogens (tertiary/aromatic N) is 1. The fourth-order valence-electron chi connectivity index (χ4n) is 3.73.